The molecule has 0 atom stereocenters. The molecule has 0 aliphatic heterocycles. The van der Waals surface area contributed by atoms with Gasteiger partial charge in [0, 0.05) is 6.20 Å². The van der Waals surface area contributed by atoms with Crippen molar-refractivity contribution in [3.8, 4) is 0 Å². The van der Waals surface area contributed by atoms with Crippen molar-refractivity contribution < 1.29 is 27.5 Å². The molecule has 0 aromatic carbocycles. The topological polar surface area (TPSA) is 99.6 Å². The van der Waals surface area contributed by atoms with Gasteiger partial charge in [0.15, 0.2) is 9.84 Å². The number of pyridine rings is 1. The zero-order valence-electron chi connectivity index (χ0n) is 11.2. The molecule has 0 fully saturated rings. The second-order valence-corrected chi connectivity index (χ2v) is 5.93. The first-order valence-electron chi connectivity index (χ1n) is 5.77. The number of hydrogen-bond acceptors (Lipinski definition) is 7. The first-order chi connectivity index (χ1) is 9.38. The van der Waals surface area contributed by atoms with Gasteiger partial charge in [0.2, 0.25) is 0 Å². The van der Waals surface area contributed by atoms with Crippen molar-refractivity contribution in [3.63, 3.8) is 0 Å². The Bertz CT molecular complexity index is 578. The van der Waals surface area contributed by atoms with Crippen LogP contribution in [0.3, 0.4) is 0 Å². The highest BCUT2D eigenvalue weighted by atomic mass is 32.2. The van der Waals surface area contributed by atoms with E-state index in [1.807, 2.05) is 0 Å². The molecular formula is C12H15NO6S. The smallest absolute Gasteiger partial charge is 0.339 e. The summed E-state index contributed by atoms with van der Waals surface area (Å²) in [6.45, 7) is 1.72. The third-order valence-corrected chi connectivity index (χ3v) is 3.67. The lowest BCUT2D eigenvalue weighted by atomic mass is 10.2. The summed E-state index contributed by atoms with van der Waals surface area (Å²) in [6.07, 6.45) is 1.22. The number of esters is 2. The predicted octanol–water partition coefficient (Wildman–Crippen LogP) is 0.346. The second-order valence-electron chi connectivity index (χ2n) is 3.87. The molecule has 0 radical (unpaired) electrons. The van der Waals surface area contributed by atoms with Gasteiger partial charge in [-0.05, 0) is 19.1 Å². The fourth-order valence-electron chi connectivity index (χ4n) is 1.41. The summed E-state index contributed by atoms with van der Waals surface area (Å²) >= 11 is 0. The van der Waals surface area contributed by atoms with Crippen molar-refractivity contribution in [3.05, 3.63) is 29.6 Å². The highest BCUT2D eigenvalue weighted by molar-refractivity contribution is 7.91. The summed E-state index contributed by atoms with van der Waals surface area (Å²) in [4.78, 5) is 26.2. The standard InChI is InChI=1S/C12H15NO6S/c1-3-19-11(14)8-20(16,17)7-10-5-4-9(6-13-10)12(15)18-2/h4-6H,3,7-8H2,1-2H3. The molecule has 7 nitrogen and oxygen atoms in total. The van der Waals surface area contributed by atoms with E-state index in [2.05, 4.69) is 14.5 Å². The predicted molar refractivity (Wildman–Crippen MR) is 69.7 cm³/mol. The first kappa shape index (κ1) is 16.1. The number of aromatic nitrogens is 1. The molecule has 1 aromatic rings. The van der Waals surface area contributed by atoms with Gasteiger partial charge in [0.05, 0.1) is 30.7 Å². The third-order valence-electron chi connectivity index (χ3n) is 2.26. The van der Waals surface area contributed by atoms with Gasteiger partial charge < -0.3 is 9.47 Å². The summed E-state index contributed by atoms with van der Waals surface area (Å²) in [5.74, 6) is -2.44. The molecule has 0 spiro atoms. The van der Waals surface area contributed by atoms with E-state index >= 15 is 0 Å². The number of ether oxygens (including phenoxy) is 2. The Balaban J connectivity index is 2.73. The van der Waals surface area contributed by atoms with Crippen LogP contribution < -0.4 is 0 Å². The molecule has 0 unspecified atom stereocenters. The zero-order chi connectivity index (χ0) is 15.2. The van der Waals surface area contributed by atoms with Crippen molar-refractivity contribution in [1.82, 2.24) is 4.98 Å². The SMILES string of the molecule is CCOC(=O)CS(=O)(=O)Cc1ccc(C(=O)OC)cn1. The Labute approximate surface area is 116 Å². The van der Waals surface area contributed by atoms with E-state index in [1.165, 1.54) is 25.4 Å². The summed E-state index contributed by atoms with van der Waals surface area (Å²) in [5.41, 5.74) is 0.459. The number of carbonyl (C=O) groups is 2. The highest BCUT2D eigenvalue weighted by Gasteiger charge is 2.19. The van der Waals surface area contributed by atoms with Crippen molar-refractivity contribution in [2.75, 3.05) is 19.5 Å². The number of hydrogen-bond donors (Lipinski definition) is 0. The normalized spacial score (nSPS) is 10.9. The highest BCUT2D eigenvalue weighted by Crippen LogP contribution is 2.07. The van der Waals surface area contributed by atoms with Crippen LogP contribution in [0.15, 0.2) is 18.3 Å². The maximum atomic E-state index is 11.7. The fourth-order valence-corrected chi connectivity index (χ4v) is 2.57. The Hall–Kier alpha value is -1.96. The average Bonchev–Trinajstić information content (AvgIpc) is 2.37. The number of methoxy groups -OCH3 is 1. The number of rotatable bonds is 6. The minimum Gasteiger partial charge on any atom is -0.465 e. The van der Waals surface area contributed by atoms with Gasteiger partial charge in [-0.3, -0.25) is 9.78 Å². The van der Waals surface area contributed by atoms with Crippen LogP contribution in [0.25, 0.3) is 0 Å². The van der Waals surface area contributed by atoms with Crippen LogP contribution in [0.1, 0.15) is 23.0 Å². The van der Waals surface area contributed by atoms with Gasteiger partial charge in [-0.1, -0.05) is 0 Å². The van der Waals surface area contributed by atoms with Crippen molar-refractivity contribution >= 4 is 21.8 Å². The molecule has 0 aliphatic carbocycles. The maximum absolute atomic E-state index is 11.7. The quantitative estimate of drug-likeness (QED) is 0.699. The lowest BCUT2D eigenvalue weighted by Gasteiger charge is -2.04. The van der Waals surface area contributed by atoms with Gasteiger partial charge in [0.1, 0.15) is 5.75 Å². The van der Waals surface area contributed by atoms with Gasteiger partial charge in [-0.15, -0.1) is 0 Å². The van der Waals surface area contributed by atoms with Gasteiger partial charge in [-0.25, -0.2) is 13.2 Å². The molecule has 0 saturated heterocycles. The first-order valence-corrected chi connectivity index (χ1v) is 7.59. The lowest BCUT2D eigenvalue weighted by molar-refractivity contribution is -0.139. The molecule has 0 N–H and O–H groups in total. The van der Waals surface area contributed by atoms with E-state index in [9.17, 15) is 18.0 Å². The van der Waals surface area contributed by atoms with E-state index < -0.39 is 33.3 Å². The largest absolute Gasteiger partial charge is 0.465 e. The third kappa shape index (κ3) is 4.96. The molecule has 0 amide bonds. The molecule has 0 bridgehead atoms. The van der Waals surface area contributed by atoms with Gasteiger partial charge >= 0.3 is 11.9 Å². The Morgan fingerprint density at radius 2 is 2.00 bits per heavy atom. The van der Waals surface area contributed by atoms with E-state index in [0.717, 1.165) is 0 Å². The van der Waals surface area contributed by atoms with Gasteiger partial charge in [0.25, 0.3) is 0 Å². The van der Waals surface area contributed by atoms with Crippen LogP contribution in [0.2, 0.25) is 0 Å². The molecule has 1 heterocycles. The molecule has 1 rings (SSSR count). The molecule has 0 saturated carbocycles. The lowest BCUT2D eigenvalue weighted by Crippen LogP contribution is -2.20. The Kier molecular flexibility index (Phi) is 5.63. The van der Waals surface area contributed by atoms with Crippen LogP contribution in [0.5, 0.6) is 0 Å². The fraction of sp³-hybridized carbons (Fsp3) is 0.417. The average molecular weight is 301 g/mol. The summed E-state index contributed by atoms with van der Waals surface area (Å²) < 4.78 is 32.5. The van der Waals surface area contributed by atoms with Gasteiger partial charge in [-0.2, -0.15) is 0 Å². The molecule has 8 heteroatoms. The van der Waals surface area contributed by atoms with Crippen LogP contribution in [0.4, 0.5) is 0 Å². The summed E-state index contributed by atoms with van der Waals surface area (Å²) in [6, 6.07) is 2.81. The maximum Gasteiger partial charge on any atom is 0.339 e. The van der Waals surface area contributed by atoms with Crippen molar-refractivity contribution in [2.45, 2.75) is 12.7 Å². The van der Waals surface area contributed by atoms with Crippen LogP contribution in [-0.2, 0) is 29.9 Å². The van der Waals surface area contributed by atoms with Crippen molar-refractivity contribution in [1.29, 1.82) is 0 Å². The molecule has 1 aromatic heterocycles. The van der Waals surface area contributed by atoms with E-state index in [-0.39, 0.29) is 17.9 Å². The molecule has 110 valence electrons. The summed E-state index contributed by atoms with van der Waals surface area (Å²) in [7, 11) is -2.41. The summed E-state index contributed by atoms with van der Waals surface area (Å²) in [5, 5.41) is 0. The molecule has 20 heavy (non-hydrogen) atoms. The van der Waals surface area contributed by atoms with E-state index in [1.54, 1.807) is 6.92 Å². The number of carbonyl (C=O) groups excluding carboxylic acids is 2. The Morgan fingerprint density at radius 3 is 2.50 bits per heavy atom. The second kappa shape index (κ2) is 6.99. The van der Waals surface area contributed by atoms with Crippen LogP contribution in [-0.4, -0.2) is 44.8 Å². The molecule has 0 aliphatic rings. The van der Waals surface area contributed by atoms with Crippen molar-refractivity contribution in [2.24, 2.45) is 0 Å². The zero-order valence-corrected chi connectivity index (χ0v) is 12.0. The minimum atomic E-state index is -3.65. The minimum absolute atomic E-state index is 0.125. The van der Waals surface area contributed by atoms with Crippen LogP contribution >= 0.6 is 0 Å². The number of sulfone groups is 1. The van der Waals surface area contributed by atoms with E-state index in [4.69, 9.17) is 0 Å². The molecular weight excluding hydrogens is 286 g/mol. The van der Waals surface area contributed by atoms with Crippen LogP contribution in [0, 0.1) is 0 Å². The number of nitrogens with zero attached hydrogens (tertiary/aromatic N) is 1. The van der Waals surface area contributed by atoms with E-state index in [0.29, 0.717) is 0 Å². The monoisotopic (exact) mass is 301 g/mol. The Morgan fingerprint density at radius 1 is 1.30 bits per heavy atom.